The number of aliphatic hydroxyl groups is 1. The van der Waals surface area contributed by atoms with Crippen molar-refractivity contribution in [2.45, 2.75) is 25.5 Å². The number of nitrogens with zero attached hydrogens (tertiary/aromatic N) is 1. The van der Waals surface area contributed by atoms with Crippen molar-refractivity contribution < 1.29 is 9.90 Å². The first-order valence-electron chi connectivity index (χ1n) is 7.17. The summed E-state index contributed by atoms with van der Waals surface area (Å²) in [7, 11) is 0. The van der Waals surface area contributed by atoms with Crippen LogP contribution in [0.2, 0.25) is 0 Å². The smallest absolute Gasteiger partial charge is 0.265 e. The summed E-state index contributed by atoms with van der Waals surface area (Å²) in [6, 6.07) is 7.52. The molecule has 4 N–H and O–H groups in total. The third-order valence-electron chi connectivity index (χ3n) is 4.65. The van der Waals surface area contributed by atoms with Crippen LogP contribution in [-0.2, 0) is 6.54 Å². The zero-order valence-electron chi connectivity index (χ0n) is 11.5. The molecule has 3 unspecified atom stereocenters. The van der Waals surface area contributed by atoms with Gasteiger partial charge in [-0.3, -0.25) is 15.1 Å². The molecule has 1 aliphatic heterocycles. The van der Waals surface area contributed by atoms with Crippen LogP contribution < -0.4 is 11.3 Å². The zero-order chi connectivity index (χ0) is 14.1. The Morgan fingerprint density at radius 2 is 2.05 bits per heavy atom. The molecule has 1 aromatic carbocycles. The van der Waals surface area contributed by atoms with E-state index in [-0.39, 0.29) is 12.0 Å². The van der Waals surface area contributed by atoms with Crippen molar-refractivity contribution in [3.63, 3.8) is 0 Å². The summed E-state index contributed by atoms with van der Waals surface area (Å²) in [5.41, 5.74) is 3.89. The molecule has 0 radical (unpaired) electrons. The maximum Gasteiger partial charge on any atom is 0.265 e. The molecule has 3 rings (SSSR count). The Kier molecular flexibility index (Phi) is 3.74. The lowest BCUT2D eigenvalue weighted by Gasteiger charge is -2.18. The van der Waals surface area contributed by atoms with Crippen molar-refractivity contribution in [3.8, 4) is 0 Å². The highest BCUT2D eigenvalue weighted by atomic mass is 16.3. The standard InChI is InChI=1S/C15H21N3O2/c16-17-15(20)11-3-1-10(2-4-11)7-18-8-12-5-6-14(19)13(12)9-18/h1-4,12-14,19H,5-9,16H2,(H,17,20). The molecule has 1 amide bonds. The molecule has 5 heteroatoms. The Hall–Kier alpha value is -1.43. The number of likely N-dealkylation sites (tertiary alicyclic amines) is 1. The first-order valence-corrected chi connectivity index (χ1v) is 7.17. The number of fused-ring (bicyclic) bond motifs is 1. The van der Waals surface area contributed by atoms with E-state index in [2.05, 4.69) is 10.3 Å². The van der Waals surface area contributed by atoms with Gasteiger partial charge in [0, 0.05) is 31.1 Å². The minimum Gasteiger partial charge on any atom is -0.393 e. The number of nitrogens with two attached hydrogens (primary N) is 1. The van der Waals surface area contributed by atoms with E-state index in [0.717, 1.165) is 32.5 Å². The minimum atomic E-state index is -0.268. The molecule has 0 bridgehead atoms. The molecule has 20 heavy (non-hydrogen) atoms. The third kappa shape index (κ3) is 2.57. The van der Waals surface area contributed by atoms with Crippen molar-refractivity contribution in [1.82, 2.24) is 10.3 Å². The van der Waals surface area contributed by atoms with Crippen molar-refractivity contribution in [2.24, 2.45) is 17.7 Å². The highest BCUT2D eigenvalue weighted by Gasteiger charge is 2.41. The van der Waals surface area contributed by atoms with Crippen LogP contribution in [-0.4, -0.2) is 35.1 Å². The number of amides is 1. The molecule has 2 aliphatic rings. The first-order chi connectivity index (χ1) is 9.67. The van der Waals surface area contributed by atoms with Gasteiger partial charge in [-0.2, -0.15) is 0 Å². The molecule has 0 aromatic heterocycles. The lowest BCUT2D eigenvalue weighted by molar-refractivity contribution is 0.0953. The highest BCUT2D eigenvalue weighted by molar-refractivity contribution is 5.93. The number of hydrazine groups is 1. The number of hydrogen-bond donors (Lipinski definition) is 3. The van der Waals surface area contributed by atoms with Gasteiger partial charge in [-0.25, -0.2) is 5.84 Å². The van der Waals surface area contributed by atoms with Crippen LogP contribution in [0.5, 0.6) is 0 Å². The Bertz CT molecular complexity index is 488. The van der Waals surface area contributed by atoms with E-state index in [1.807, 2.05) is 12.1 Å². The molecular weight excluding hydrogens is 254 g/mol. The second-order valence-corrected chi connectivity index (χ2v) is 5.93. The number of benzene rings is 1. The van der Waals surface area contributed by atoms with Crippen LogP contribution in [0.15, 0.2) is 24.3 Å². The van der Waals surface area contributed by atoms with E-state index in [0.29, 0.717) is 17.4 Å². The largest absolute Gasteiger partial charge is 0.393 e. The van der Waals surface area contributed by atoms with Gasteiger partial charge >= 0.3 is 0 Å². The molecule has 0 spiro atoms. The van der Waals surface area contributed by atoms with Crippen LogP contribution in [0.1, 0.15) is 28.8 Å². The summed E-state index contributed by atoms with van der Waals surface area (Å²) in [4.78, 5) is 13.8. The quantitative estimate of drug-likeness (QED) is 0.426. The average molecular weight is 275 g/mol. The molecular formula is C15H21N3O2. The van der Waals surface area contributed by atoms with Gasteiger partial charge in [0.25, 0.3) is 5.91 Å². The molecule has 1 aliphatic carbocycles. The minimum absolute atomic E-state index is 0.111. The Labute approximate surface area is 118 Å². The van der Waals surface area contributed by atoms with Crippen LogP contribution >= 0.6 is 0 Å². The molecule has 108 valence electrons. The summed E-state index contributed by atoms with van der Waals surface area (Å²) in [5, 5.41) is 9.92. The molecule has 1 saturated carbocycles. The van der Waals surface area contributed by atoms with Gasteiger partial charge in [-0.15, -0.1) is 0 Å². The second kappa shape index (κ2) is 5.52. The second-order valence-electron chi connectivity index (χ2n) is 5.93. The van der Waals surface area contributed by atoms with Gasteiger partial charge < -0.3 is 5.11 Å². The maximum absolute atomic E-state index is 11.4. The topological polar surface area (TPSA) is 78.6 Å². The van der Waals surface area contributed by atoms with Gasteiger partial charge in [-0.05, 0) is 36.5 Å². The lowest BCUT2D eigenvalue weighted by Crippen LogP contribution is -2.30. The van der Waals surface area contributed by atoms with Crippen molar-refractivity contribution >= 4 is 5.91 Å². The van der Waals surface area contributed by atoms with Crippen LogP contribution in [0, 0.1) is 11.8 Å². The number of carbonyl (C=O) groups excluding carboxylic acids is 1. The fourth-order valence-electron chi connectivity index (χ4n) is 3.56. The van der Waals surface area contributed by atoms with Gasteiger partial charge in [0.1, 0.15) is 0 Å². The van der Waals surface area contributed by atoms with E-state index in [1.165, 1.54) is 5.56 Å². The molecule has 1 aromatic rings. The van der Waals surface area contributed by atoms with E-state index in [1.54, 1.807) is 12.1 Å². The highest BCUT2D eigenvalue weighted by Crippen LogP contribution is 2.38. The van der Waals surface area contributed by atoms with Gasteiger partial charge in [-0.1, -0.05) is 12.1 Å². The Morgan fingerprint density at radius 1 is 1.30 bits per heavy atom. The lowest BCUT2D eigenvalue weighted by atomic mass is 10.00. The molecule has 2 fully saturated rings. The number of rotatable bonds is 3. The zero-order valence-corrected chi connectivity index (χ0v) is 11.5. The summed E-state index contributed by atoms with van der Waals surface area (Å²) in [6.45, 7) is 2.94. The SMILES string of the molecule is NNC(=O)c1ccc(CN2CC3CCC(O)C3C2)cc1. The normalized spacial score (nSPS) is 29.4. The van der Waals surface area contributed by atoms with E-state index in [9.17, 15) is 9.90 Å². The van der Waals surface area contributed by atoms with Crippen LogP contribution in [0.4, 0.5) is 0 Å². The van der Waals surface area contributed by atoms with Crippen molar-refractivity contribution in [2.75, 3.05) is 13.1 Å². The van der Waals surface area contributed by atoms with Crippen LogP contribution in [0.3, 0.4) is 0 Å². The molecule has 3 atom stereocenters. The molecule has 1 saturated heterocycles. The number of carbonyl (C=O) groups is 1. The predicted molar refractivity (Wildman–Crippen MR) is 75.6 cm³/mol. The summed E-state index contributed by atoms with van der Waals surface area (Å²) < 4.78 is 0. The summed E-state index contributed by atoms with van der Waals surface area (Å²) in [5.74, 6) is 5.96. The third-order valence-corrected chi connectivity index (χ3v) is 4.65. The van der Waals surface area contributed by atoms with Crippen molar-refractivity contribution in [3.05, 3.63) is 35.4 Å². The Morgan fingerprint density at radius 3 is 2.70 bits per heavy atom. The predicted octanol–water partition coefficient (Wildman–Crippen LogP) is 0.493. The van der Waals surface area contributed by atoms with E-state index >= 15 is 0 Å². The van der Waals surface area contributed by atoms with E-state index < -0.39 is 0 Å². The molecule has 1 heterocycles. The number of nitrogens with one attached hydrogen (secondary N) is 1. The molecule has 5 nitrogen and oxygen atoms in total. The van der Waals surface area contributed by atoms with Gasteiger partial charge in [0.2, 0.25) is 0 Å². The fourth-order valence-corrected chi connectivity index (χ4v) is 3.56. The first kappa shape index (κ1) is 13.5. The number of hydrogen-bond acceptors (Lipinski definition) is 4. The number of nitrogen functional groups attached to an aromatic ring is 1. The Balaban J connectivity index is 1.60. The van der Waals surface area contributed by atoms with Gasteiger partial charge in [0.15, 0.2) is 0 Å². The van der Waals surface area contributed by atoms with Gasteiger partial charge in [0.05, 0.1) is 6.10 Å². The monoisotopic (exact) mass is 275 g/mol. The maximum atomic E-state index is 11.4. The van der Waals surface area contributed by atoms with E-state index in [4.69, 9.17) is 5.84 Å². The fraction of sp³-hybridized carbons (Fsp3) is 0.533. The summed E-state index contributed by atoms with van der Waals surface area (Å²) >= 11 is 0. The van der Waals surface area contributed by atoms with Crippen LogP contribution in [0.25, 0.3) is 0 Å². The average Bonchev–Trinajstić information content (AvgIpc) is 3.01. The number of aliphatic hydroxyl groups excluding tert-OH is 1. The summed E-state index contributed by atoms with van der Waals surface area (Å²) in [6.07, 6.45) is 2.00. The van der Waals surface area contributed by atoms with Crippen molar-refractivity contribution in [1.29, 1.82) is 0 Å².